The molecule has 1 saturated heterocycles. The van der Waals surface area contributed by atoms with Crippen LogP contribution in [0.5, 0.6) is 0 Å². The van der Waals surface area contributed by atoms with E-state index in [2.05, 4.69) is 20.4 Å². The maximum Gasteiger partial charge on any atom is 0.466 e. The van der Waals surface area contributed by atoms with Crippen molar-refractivity contribution in [2.24, 2.45) is 0 Å². The lowest BCUT2D eigenvalue weighted by Crippen LogP contribution is -2.32. The Morgan fingerprint density at radius 2 is 1.92 bits per heavy atom. The van der Waals surface area contributed by atoms with Crippen molar-refractivity contribution in [3.05, 3.63) is 42.3 Å². The van der Waals surface area contributed by atoms with Crippen LogP contribution in [0.4, 0.5) is 19.3 Å². The number of hydrogen-bond acceptors (Lipinski definition) is 8. The highest BCUT2D eigenvalue weighted by Gasteiger charge is 2.37. The summed E-state index contributed by atoms with van der Waals surface area (Å²) in [5, 5.41) is 21.9. The zero-order valence-corrected chi connectivity index (χ0v) is 19.3. The summed E-state index contributed by atoms with van der Waals surface area (Å²) in [4.78, 5) is 40.6. The summed E-state index contributed by atoms with van der Waals surface area (Å²) in [7, 11) is -4.64. The number of carbonyl (C=O) groups excluding carboxylic acids is 1. The van der Waals surface area contributed by atoms with Crippen LogP contribution in [0.1, 0.15) is 18.9 Å². The number of anilines is 1. The predicted octanol–water partition coefficient (Wildman–Crippen LogP) is 1.60. The molecule has 1 aromatic carbocycles. The molecular weight excluding hydrogens is 505 g/mol. The Hall–Kier alpha value is -3.36. The van der Waals surface area contributed by atoms with Crippen LogP contribution in [0.3, 0.4) is 0 Å². The molecule has 3 heterocycles. The summed E-state index contributed by atoms with van der Waals surface area (Å²) in [6.07, 6.45) is 0.435. The van der Waals surface area contributed by atoms with Gasteiger partial charge in [0.25, 0.3) is 0 Å². The van der Waals surface area contributed by atoms with Gasteiger partial charge in [-0.2, -0.15) is 4.80 Å². The average molecular weight is 526 g/mol. The molecule has 1 amide bonds. The number of nitrogens with zero attached hydrogens (tertiary/aromatic N) is 6. The van der Waals surface area contributed by atoms with Crippen molar-refractivity contribution in [3.63, 3.8) is 0 Å². The minimum Gasteiger partial charge on any atom is -0.441 e. The molecule has 1 aliphatic heterocycles. The van der Waals surface area contributed by atoms with E-state index in [1.807, 2.05) is 0 Å². The normalized spacial score (nSPS) is 18.4. The number of amides is 1. The topological polar surface area (TPSA) is 184 Å². The van der Waals surface area contributed by atoms with E-state index in [1.54, 1.807) is 23.0 Å². The van der Waals surface area contributed by atoms with Gasteiger partial charge in [0, 0.05) is 17.3 Å². The van der Waals surface area contributed by atoms with E-state index in [0.29, 0.717) is 28.7 Å². The van der Waals surface area contributed by atoms with Crippen LogP contribution in [0.2, 0.25) is 0 Å². The number of cyclic esters (lactones) is 1. The van der Waals surface area contributed by atoms with E-state index in [4.69, 9.17) is 24.0 Å². The van der Waals surface area contributed by atoms with Gasteiger partial charge < -0.3 is 24.5 Å². The fourth-order valence-electron chi connectivity index (χ4n) is 3.37. The zero-order valence-electron chi connectivity index (χ0n) is 18.4. The molecule has 1 unspecified atom stereocenters. The second-order valence-corrected chi connectivity index (χ2v) is 9.06. The monoisotopic (exact) mass is 526 g/mol. The van der Waals surface area contributed by atoms with Gasteiger partial charge >= 0.3 is 13.9 Å². The molecule has 0 radical (unpaired) electrons. The lowest BCUT2D eigenvalue weighted by molar-refractivity contribution is 0.0188. The molecule has 3 aromatic rings. The summed E-state index contributed by atoms with van der Waals surface area (Å²) in [5.41, 5.74) is 1.62. The molecule has 2 aliphatic rings. The van der Waals surface area contributed by atoms with Crippen LogP contribution in [0.15, 0.2) is 36.5 Å². The highest BCUT2D eigenvalue weighted by molar-refractivity contribution is 7.45. The van der Waals surface area contributed by atoms with E-state index in [9.17, 15) is 18.7 Å². The highest BCUT2D eigenvalue weighted by Crippen LogP contribution is 2.33. The number of ether oxygens (including phenoxy) is 1. The van der Waals surface area contributed by atoms with Crippen LogP contribution in [-0.2, 0) is 9.30 Å². The number of halogens is 2. The fourth-order valence-corrected chi connectivity index (χ4v) is 3.37. The highest BCUT2D eigenvalue weighted by atomic mass is 31.2. The molecule has 1 saturated carbocycles. The van der Waals surface area contributed by atoms with Crippen LogP contribution < -0.4 is 4.90 Å². The van der Waals surface area contributed by atoms with Crippen LogP contribution in [0.25, 0.3) is 22.6 Å². The van der Waals surface area contributed by atoms with Crippen molar-refractivity contribution in [3.8, 4) is 22.6 Å². The number of aliphatic hydroxyl groups excluding tert-OH is 1. The van der Waals surface area contributed by atoms with Gasteiger partial charge in [0.1, 0.15) is 24.3 Å². The van der Waals surface area contributed by atoms with E-state index in [-0.39, 0.29) is 12.2 Å². The van der Waals surface area contributed by atoms with Crippen molar-refractivity contribution < 1.29 is 42.7 Å². The third-order valence-corrected chi connectivity index (χ3v) is 5.29. The molecule has 2 atom stereocenters. The Bertz CT molecular complexity index is 1280. The van der Waals surface area contributed by atoms with Gasteiger partial charge in [-0.05, 0) is 42.3 Å². The van der Waals surface area contributed by atoms with Gasteiger partial charge in [-0.3, -0.25) is 9.88 Å². The number of rotatable bonds is 6. The van der Waals surface area contributed by atoms with Crippen molar-refractivity contribution >= 4 is 19.6 Å². The molecule has 13 nitrogen and oxygen atoms in total. The third-order valence-electron chi connectivity index (χ3n) is 5.29. The molecule has 16 heteroatoms. The first-order valence-corrected chi connectivity index (χ1v) is 12.2. The number of pyridine rings is 1. The standard InChI is InChI=1S/C20H18F2N6O3.H3O4P/c21-8-17(29)18-10-27(20(30)31-18)13-4-5-14(15(22)7-13)11-1-6-16(23-9-11)19-24-26-28(25-19)12-2-3-12;1-5(2,3)4/h1,4-7,9,12,17-18,29H,2-3,8,10H2;(H3,1,2,3,4)/t17?,18-;/m1./s1. The Labute approximate surface area is 202 Å². The molecule has 2 fully saturated rings. The minimum absolute atomic E-state index is 0.0620. The SMILES string of the molecule is O=C1O[C@@H](C(O)CF)CN1c1ccc(-c2ccc(-c3nnn(C4CC4)n3)nc2)c(F)c1.O=P(O)(O)O. The van der Waals surface area contributed by atoms with Crippen LogP contribution in [-0.4, -0.2) is 76.5 Å². The van der Waals surface area contributed by atoms with Gasteiger partial charge in [-0.15, -0.1) is 10.2 Å². The second kappa shape index (κ2) is 10.3. The quantitative estimate of drug-likeness (QED) is 0.342. The van der Waals surface area contributed by atoms with Gasteiger partial charge in [0.15, 0.2) is 6.10 Å². The number of phosphoric acid groups is 1. The summed E-state index contributed by atoms with van der Waals surface area (Å²) in [6, 6.07) is 7.98. The number of alkyl halides is 1. The Balaban J connectivity index is 0.000000556. The first-order chi connectivity index (χ1) is 17.0. The molecule has 0 spiro atoms. The summed E-state index contributed by atoms with van der Waals surface area (Å²) in [5.74, 6) is -0.154. The molecule has 0 bridgehead atoms. The summed E-state index contributed by atoms with van der Waals surface area (Å²) < 4.78 is 41.3. The lowest BCUT2D eigenvalue weighted by atomic mass is 10.1. The molecule has 36 heavy (non-hydrogen) atoms. The van der Waals surface area contributed by atoms with E-state index in [1.165, 1.54) is 18.3 Å². The van der Waals surface area contributed by atoms with E-state index >= 15 is 0 Å². The number of aliphatic hydroxyl groups is 1. The Morgan fingerprint density at radius 3 is 2.50 bits per heavy atom. The first kappa shape index (κ1) is 25.7. The smallest absolute Gasteiger partial charge is 0.441 e. The van der Waals surface area contributed by atoms with Crippen molar-refractivity contribution in [1.82, 2.24) is 25.2 Å². The van der Waals surface area contributed by atoms with Gasteiger partial charge in [-0.1, -0.05) is 6.07 Å². The molecule has 1 aliphatic carbocycles. The molecule has 192 valence electrons. The number of carbonyl (C=O) groups is 1. The predicted molar refractivity (Wildman–Crippen MR) is 119 cm³/mol. The van der Waals surface area contributed by atoms with Gasteiger partial charge in [-0.25, -0.2) is 18.1 Å². The summed E-state index contributed by atoms with van der Waals surface area (Å²) >= 11 is 0. The summed E-state index contributed by atoms with van der Waals surface area (Å²) in [6.45, 7) is -1.10. The minimum atomic E-state index is -4.64. The third kappa shape index (κ3) is 6.25. The van der Waals surface area contributed by atoms with E-state index < -0.39 is 38.6 Å². The Kier molecular flexibility index (Phi) is 7.38. The van der Waals surface area contributed by atoms with Crippen molar-refractivity contribution in [1.29, 1.82) is 0 Å². The molecule has 4 N–H and O–H groups in total. The van der Waals surface area contributed by atoms with Crippen LogP contribution >= 0.6 is 7.82 Å². The molecular formula is C20H21F2N6O7P. The molecule has 5 rings (SSSR count). The fraction of sp³-hybridized carbons (Fsp3) is 0.350. The maximum atomic E-state index is 14.8. The zero-order chi connectivity index (χ0) is 26.0. The number of tetrazole rings is 1. The number of aromatic nitrogens is 5. The van der Waals surface area contributed by atoms with Crippen molar-refractivity contribution in [2.75, 3.05) is 18.1 Å². The maximum absolute atomic E-state index is 14.8. The lowest BCUT2D eigenvalue weighted by Gasteiger charge is -2.15. The van der Waals surface area contributed by atoms with Gasteiger partial charge in [0.05, 0.1) is 18.3 Å². The van der Waals surface area contributed by atoms with E-state index in [0.717, 1.165) is 17.7 Å². The largest absolute Gasteiger partial charge is 0.466 e. The number of hydrogen-bond donors (Lipinski definition) is 4. The second-order valence-electron chi connectivity index (χ2n) is 8.03. The number of benzene rings is 1. The Morgan fingerprint density at radius 1 is 1.19 bits per heavy atom. The average Bonchev–Trinajstić information content (AvgIpc) is 3.42. The molecule has 2 aromatic heterocycles. The van der Waals surface area contributed by atoms with Gasteiger partial charge in [0.2, 0.25) is 5.82 Å². The van der Waals surface area contributed by atoms with Crippen LogP contribution in [0, 0.1) is 5.82 Å². The van der Waals surface area contributed by atoms with Crippen molar-refractivity contribution in [2.45, 2.75) is 31.1 Å². The first-order valence-electron chi connectivity index (χ1n) is 10.6.